The van der Waals surface area contributed by atoms with Gasteiger partial charge in [0, 0.05) is 17.1 Å². The molecule has 4 nitrogen and oxygen atoms in total. The zero-order valence-electron chi connectivity index (χ0n) is 17.5. The Bertz CT molecular complexity index is 781. The number of carbonyl (C=O) groups excluding carboxylic acids is 1. The molecular formula is C24H35N3O. The molecule has 1 aliphatic carbocycles. The predicted octanol–water partition coefficient (Wildman–Crippen LogP) is 5.39. The van der Waals surface area contributed by atoms with Gasteiger partial charge < -0.3 is 10.6 Å². The van der Waals surface area contributed by atoms with E-state index in [0.29, 0.717) is 12.6 Å². The van der Waals surface area contributed by atoms with Gasteiger partial charge in [0.15, 0.2) is 0 Å². The van der Waals surface area contributed by atoms with Gasteiger partial charge in [-0.05, 0) is 43.7 Å². The van der Waals surface area contributed by atoms with Crippen molar-refractivity contribution in [2.75, 3.05) is 11.9 Å². The number of aromatic nitrogens is 1. The van der Waals surface area contributed by atoms with Gasteiger partial charge in [-0.2, -0.15) is 0 Å². The quantitative estimate of drug-likeness (QED) is 0.612. The molecule has 1 fully saturated rings. The molecule has 2 N–H and O–H groups in total. The van der Waals surface area contributed by atoms with E-state index >= 15 is 0 Å². The lowest BCUT2D eigenvalue weighted by Gasteiger charge is -2.23. The van der Waals surface area contributed by atoms with Crippen molar-refractivity contribution in [2.45, 2.75) is 84.1 Å². The molecule has 1 saturated carbocycles. The maximum Gasteiger partial charge on any atom is 0.238 e. The standard InChI is InChI=1S/C24H35N3O/c1-3-5-15-21-19(11-4-2)24(20-14-9-10-16-22(20)26-21)27-23(28)17-25-18-12-7-6-8-13-18/h9-10,14,16,18,25H,3-8,11-13,15,17H2,1-2H3,(H,26,27,28). The summed E-state index contributed by atoms with van der Waals surface area (Å²) in [5, 5.41) is 7.77. The fraction of sp³-hybridized carbons (Fsp3) is 0.583. The lowest BCUT2D eigenvalue weighted by molar-refractivity contribution is -0.115. The van der Waals surface area contributed by atoms with Gasteiger partial charge in [0.25, 0.3) is 0 Å². The van der Waals surface area contributed by atoms with Gasteiger partial charge in [-0.3, -0.25) is 9.78 Å². The third-order valence-corrected chi connectivity index (χ3v) is 5.77. The number of aryl methyl sites for hydroxylation is 1. The Morgan fingerprint density at radius 1 is 1.07 bits per heavy atom. The SMILES string of the molecule is CCCCc1nc2ccccc2c(NC(=O)CNC2CCCCC2)c1CCC. The van der Waals surface area contributed by atoms with E-state index in [-0.39, 0.29) is 5.91 Å². The minimum atomic E-state index is 0.0562. The van der Waals surface area contributed by atoms with Crippen LogP contribution in [0.25, 0.3) is 10.9 Å². The van der Waals surface area contributed by atoms with Gasteiger partial charge in [-0.1, -0.05) is 64.2 Å². The first-order valence-corrected chi connectivity index (χ1v) is 11.2. The van der Waals surface area contributed by atoms with Crippen molar-refractivity contribution in [3.8, 4) is 0 Å². The average Bonchev–Trinajstić information content (AvgIpc) is 2.73. The number of fused-ring (bicyclic) bond motifs is 1. The molecule has 1 heterocycles. The Labute approximate surface area is 169 Å². The molecule has 2 aromatic rings. The van der Waals surface area contributed by atoms with Crippen molar-refractivity contribution in [2.24, 2.45) is 0 Å². The molecule has 0 radical (unpaired) electrons. The number of para-hydroxylation sites is 1. The van der Waals surface area contributed by atoms with E-state index in [0.717, 1.165) is 54.4 Å². The first kappa shape index (κ1) is 20.8. The Balaban J connectivity index is 1.83. The van der Waals surface area contributed by atoms with Crippen molar-refractivity contribution in [3.63, 3.8) is 0 Å². The Kier molecular flexibility index (Phi) is 7.84. The highest BCUT2D eigenvalue weighted by molar-refractivity contribution is 6.03. The highest BCUT2D eigenvalue weighted by Gasteiger charge is 2.18. The van der Waals surface area contributed by atoms with Gasteiger partial charge in [0.05, 0.1) is 17.7 Å². The summed E-state index contributed by atoms with van der Waals surface area (Å²) in [7, 11) is 0. The summed E-state index contributed by atoms with van der Waals surface area (Å²) in [5.41, 5.74) is 4.33. The summed E-state index contributed by atoms with van der Waals surface area (Å²) in [6.07, 6.45) is 11.5. The van der Waals surface area contributed by atoms with E-state index in [2.05, 4.69) is 36.6 Å². The molecule has 3 rings (SSSR count). The molecule has 0 unspecified atom stereocenters. The fourth-order valence-corrected chi connectivity index (χ4v) is 4.24. The number of hydrogen-bond acceptors (Lipinski definition) is 3. The topological polar surface area (TPSA) is 54.0 Å². The predicted molar refractivity (Wildman–Crippen MR) is 118 cm³/mol. The van der Waals surface area contributed by atoms with E-state index in [9.17, 15) is 4.79 Å². The van der Waals surface area contributed by atoms with Crippen LogP contribution in [0.1, 0.15) is 76.5 Å². The first-order valence-electron chi connectivity index (χ1n) is 11.2. The maximum absolute atomic E-state index is 12.8. The van der Waals surface area contributed by atoms with Gasteiger partial charge in [0.2, 0.25) is 5.91 Å². The van der Waals surface area contributed by atoms with Gasteiger partial charge in [-0.25, -0.2) is 0 Å². The number of amides is 1. The summed E-state index contributed by atoms with van der Waals surface area (Å²) < 4.78 is 0. The molecule has 0 atom stereocenters. The van der Waals surface area contributed by atoms with Gasteiger partial charge in [-0.15, -0.1) is 0 Å². The average molecular weight is 382 g/mol. The Morgan fingerprint density at radius 3 is 2.61 bits per heavy atom. The number of anilines is 1. The van der Waals surface area contributed by atoms with Crippen molar-refractivity contribution < 1.29 is 4.79 Å². The summed E-state index contributed by atoms with van der Waals surface area (Å²) in [4.78, 5) is 17.7. The van der Waals surface area contributed by atoms with Gasteiger partial charge in [0.1, 0.15) is 0 Å². The van der Waals surface area contributed by atoms with Crippen LogP contribution >= 0.6 is 0 Å². The molecule has 0 saturated heterocycles. The molecule has 1 amide bonds. The van der Waals surface area contributed by atoms with Crippen LogP contribution in [0, 0.1) is 0 Å². The Morgan fingerprint density at radius 2 is 1.86 bits per heavy atom. The molecule has 1 aromatic heterocycles. The van der Waals surface area contributed by atoms with Crippen LogP contribution < -0.4 is 10.6 Å². The van der Waals surface area contributed by atoms with Crippen molar-refractivity contribution in [3.05, 3.63) is 35.5 Å². The maximum atomic E-state index is 12.8. The minimum Gasteiger partial charge on any atom is -0.324 e. The smallest absolute Gasteiger partial charge is 0.238 e. The van der Waals surface area contributed by atoms with E-state index in [1.807, 2.05) is 12.1 Å². The summed E-state index contributed by atoms with van der Waals surface area (Å²) in [5.74, 6) is 0.0562. The number of rotatable bonds is 9. The van der Waals surface area contributed by atoms with Crippen LogP contribution in [0.5, 0.6) is 0 Å². The lowest BCUT2D eigenvalue weighted by atomic mass is 9.95. The van der Waals surface area contributed by atoms with Crippen LogP contribution in [0.3, 0.4) is 0 Å². The number of pyridine rings is 1. The number of nitrogens with zero attached hydrogens (tertiary/aromatic N) is 1. The number of nitrogens with one attached hydrogen (secondary N) is 2. The zero-order valence-corrected chi connectivity index (χ0v) is 17.5. The molecule has 0 aliphatic heterocycles. The molecule has 28 heavy (non-hydrogen) atoms. The summed E-state index contributed by atoms with van der Waals surface area (Å²) >= 11 is 0. The first-order chi connectivity index (χ1) is 13.7. The fourth-order valence-electron chi connectivity index (χ4n) is 4.24. The summed E-state index contributed by atoms with van der Waals surface area (Å²) in [6.45, 7) is 4.78. The van der Waals surface area contributed by atoms with Crippen molar-refractivity contribution >= 4 is 22.5 Å². The molecule has 0 spiro atoms. The number of unbranched alkanes of at least 4 members (excludes halogenated alkanes) is 1. The largest absolute Gasteiger partial charge is 0.324 e. The normalized spacial score (nSPS) is 15.1. The summed E-state index contributed by atoms with van der Waals surface area (Å²) in [6, 6.07) is 8.67. The van der Waals surface area contributed by atoms with Gasteiger partial charge >= 0.3 is 0 Å². The van der Waals surface area contributed by atoms with Crippen LogP contribution in [-0.2, 0) is 17.6 Å². The van der Waals surface area contributed by atoms with Crippen LogP contribution in [-0.4, -0.2) is 23.5 Å². The molecule has 1 aliphatic rings. The second-order valence-electron chi connectivity index (χ2n) is 8.05. The van der Waals surface area contributed by atoms with Crippen molar-refractivity contribution in [1.82, 2.24) is 10.3 Å². The van der Waals surface area contributed by atoms with Crippen LogP contribution in [0.15, 0.2) is 24.3 Å². The van der Waals surface area contributed by atoms with Crippen LogP contribution in [0.4, 0.5) is 5.69 Å². The molecular weight excluding hydrogens is 346 g/mol. The van der Waals surface area contributed by atoms with E-state index in [1.165, 1.54) is 37.7 Å². The molecule has 0 bridgehead atoms. The third kappa shape index (κ3) is 5.32. The Hall–Kier alpha value is -1.94. The molecule has 152 valence electrons. The lowest BCUT2D eigenvalue weighted by Crippen LogP contribution is -2.37. The van der Waals surface area contributed by atoms with E-state index < -0.39 is 0 Å². The second-order valence-corrected chi connectivity index (χ2v) is 8.05. The zero-order chi connectivity index (χ0) is 19.8. The number of benzene rings is 1. The molecule has 4 heteroatoms. The van der Waals surface area contributed by atoms with E-state index in [4.69, 9.17) is 4.98 Å². The van der Waals surface area contributed by atoms with E-state index in [1.54, 1.807) is 0 Å². The second kappa shape index (κ2) is 10.6. The van der Waals surface area contributed by atoms with Crippen molar-refractivity contribution in [1.29, 1.82) is 0 Å². The number of hydrogen-bond donors (Lipinski definition) is 2. The molecule has 1 aromatic carbocycles. The monoisotopic (exact) mass is 381 g/mol. The minimum absolute atomic E-state index is 0.0562. The third-order valence-electron chi connectivity index (χ3n) is 5.77. The highest BCUT2D eigenvalue weighted by atomic mass is 16.1. The number of carbonyl (C=O) groups is 1. The highest BCUT2D eigenvalue weighted by Crippen LogP contribution is 2.30. The van der Waals surface area contributed by atoms with Crippen LogP contribution in [0.2, 0.25) is 0 Å².